The van der Waals surface area contributed by atoms with Crippen LogP contribution in [-0.4, -0.2) is 16.2 Å². The molecule has 4 aromatic rings. The van der Waals surface area contributed by atoms with E-state index in [1.165, 1.54) is 5.56 Å². The summed E-state index contributed by atoms with van der Waals surface area (Å²) in [6.45, 7) is 2.48. The molecule has 0 amide bonds. The van der Waals surface area contributed by atoms with E-state index in [0.29, 0.717) is 23.6 Å². The van der Waals surface area contributed by atoms with Gasteiger partial charge in [-0.25, -0.2) is 10.4 Å². The molecule has 2 N–H and O–H groups in total. The first-order valence-electron chi connectivity index (χ1n) is 10.3. The van der Waals surface area contributed by atoms with E-state index in [4.69, 9.17) is 4.74 Å². The highest BCUT2D eigenvalue weighted by Gasteiger charge is 2.12. The van der Waals surface area contributed by atoms with Gasteiger partial charge in [-0.1, -0.05) is 72.3 Å². The molecular weight excluding hydrogens is 414 g/mol. The average Bonchev–Trinajstić information content (AvgIpc) is 2.84. The fraction of sp³-hybridized carbons (Fsp3) is 0.0769. The monoisotopic (exact) mass is 435 g/mol. The van der Waals surface area contributed by atoms with Gasteiger partial charge in [0, 0.05) is 11.1 Å². The summed E-state index contributed by atoms with van der Waals surface area (Å²) in [7, 11) is 0. The maximum atomic E-state index is 12.4. The zero-order chi connectivity index (χ0) is 23.0. The number of hydrazone groups is 1. The summed E-state index contributed by atoms with van der Waals surface area (Å²) in [6.07, 6.45) is 1.59. The number of anilines is 1. The fourth-order valence-corrected chi connectivity index (χ4v) is 3.16. The maximum Gasteiger partial charge on any atom is 0.270 e. The minimum atomic E-state index is -0.536. The number of ether oxygens (including phenoxy) is 1. The third kappa shape index (κ3) is 5.32. The Bertz CT molecular complexity index is 1370. The van der Waals surface area contributed by atoms with Gasteiger partial charge in [0.15, 0.2) is 0 Å². The number of nitriles is 1. The van der Waals surface area contributed by atoms with E-state index >= 15 is 0 Å². The molecule has 4 rings (SSSR count). The molecule has 3 aromatic carbocycles. The third-order valence-electron chi connectivity index (χ3n) is 4.89. The zero-order valence-electron chi connectivity index (χ0n) is 17.9. The molecule has 7 nitrogen and oxygen atoms in total. The summed E-state index contributed by atoms with van der Waals surface area (Å²) in [5.74, 6) is 0.807. The van der Waals surface area contributed by atoms with Crippen LogP contribution in [-0.2, 0) is 6.61 Å². The normalized spacial score (nSPS) is 10.7. The SMILES string of the molecule is Cc1ccc(COc2ccccc2C=NNc2nc(-c3ccccc3)c(C#N)c(=O)[nH]2)cc1. The van der Waals surface area contributed by atoms with Crippen LogP contribution < -0.4 is 15.7 Å². The molecule has 1 aromatic heterocycles. The van der Waals surface area contributed by atoms with Gasteiger partial charge in [-0.3, -0.25) is 9.78 Å². The van der Waals surface area contributed by atoms with Crippen molar-refractivity contribution in [3.8, 4) is 23.1 Å². The Morgan fingerprint density at radius 1 is 1.06 bits per heavy atom. The van der Waals surface area contributed by atoms with Crippen molar-refractivity contribution in [1.82, 2.24) is 9.97 Å². The molecule has 0 atom stereocenters. The van der Waals surface area contributed by atoms with Gasteiger partial charge in [-0.2, -0.15) is 10.4 Å². The van der Waals surface area contributed by atoms with Gasteiger partial charge in [-0.05, 0) is 24.6 Å². The van der Waals surface area contributed by atoms with E-state index in [0.717, 1.165) is 11.1 Å². The van der Waals surface area contributed by atoms with Crippen molar-refractivity contribution in [2.75, 3.05) is 5.43 Å². The van der Waals surface area contributed by atoms with Crippen LogP contribution in [0.3, 0.4) is 0 Å². The highest BCUT2D eigenvalue weighted by atomic mass is 16.5. The van der Waals surface area contributed by atoms with E-state index in [-0.39, 0.29) is 11.5 Å². The molecule has 1 heterocycles. The zero-order valence-corrected chi connectivity index (χ0v) is 17.9. The lowest BCUT2D eigenvalue weighted by atomic mass is 10.1. The Hall–Kier alpha value is -4.70. The number of benzene rings is 3. The van der Waals surface area contributed by atoms with Crippen molar-refractivity contribution < 1.29 is 4.74 Å². The second-order valence-corrected chi connectivity index (χ2v) is 7.30. The molecule has 162 valence electrons. The molecular formula is C26H21N5O2. The molecule has 33 heavy (non-hydrogen) atoms. The smallest absolute Gasteiger partial charge is 0.270 e. The Labute approximate surface area is 191 Å². The molecule has 0 saturated heterocycles. The second-order valence-electron chi connectivity index (χ2n) is 7.30. The topological polar surface area (TPSA) is 103 Å². The number of aromatic amines is 1. The van der Waals surface area contributed by atoms with Crippen LogP contribution in [0.15, 0.2) is 88.8 Å². The quantitative estimate of drug-likeness (QED) is 0.325. The molecule has 0 fully saturated rings. The van der Waals surface area contributed by atoms with Crippen LogP contribution in [0.1, 0.15) is 22.3 Å². The van der Waals surface area contributed by atoms with Crippen LogP contribution in [0, 0.1) is 18.3 Å². The lowest BCUT2D eigenvalue weighted by molar-refractivity contribution is 0.306. The number of aryl methyl sites for hydroxylation is 1. The second kappa shape index (κ2) is 10.1. The third-order valence-corrected chi connectivity index (χ3v) is 4.89. The number of hydrogen-bond donors (Lipinski definition) is 2. The first-order chi connectivity index (χ1) is 16.1. The van der Waals surface area contributed by atoms with Gasteiger partial charge >= 0.3 is 0 Å². The van der Waals surface area contributed by atoms with Crippen LogP contribution in [0.25, 0.3) is 11.3 Å². The lowest BCUT2D eigenvalue weighted by Crippen LogP contribution is -2.16. The van der Waals surface area contributed by atoms with Crippen molar-refractivity contribution in [2.45, 2.75) is 13.5 Å². The van der Waals surface area contributed by atoms with Gasteiger partial charge in [0.1, 0.15) is 24.0 Å². The molecule has 0 aliphatic rings. The summed E-state index contributed by atoms with van der Waals surface area (Å²) >= 11 is 0. The van der Waals surface area contributed by atoms with E-state index in [1.807, 2.05) is 79.7 Å². The molecule has 0 bridgehead atoms. The van der Waals surface area contributed by atoms with E-state index < -0.39 is 5.56 Å². The number of H-pyrrole nitrogens is 1. The molecule has 7 heteroatoms. The maximum absolute atomic E-state index is 12.4. The Morgan fingerprint density at radius 3 is 2.55 bits per heavy atom. The summed E-state index contributed by atoms with van der Waals surface area (Å²) in [5.41, 5.74) is 6.14. The summed E-state index contributed by atoms with van der Waals surface area (Å²) in [4.78, 5) is 19.3. The number of nitrogens with zero attached hydrogens (tertiary/aromatic N) is 3. The van der Waals surface area contributed by atoms with Crippen molar-refractivity contribution in [3.63, 3.8) is 0 Å². The number of hydrogen-bond acceptors (Lipinski definition) is 6. The molecule has 0 aliphatic carbocycles. The predicted molar refractivity (Wildman–Crippen MR) is 128 cm³/mol. The highest BCUT2D eigenvalue weighted by Crippen LogP contribution is 2.20. The first kappa shape index (κ1) is 21.5. The Balaban J connectivity index is 1.52. The van der Waals surface area contributed by atoms with Gasteiger partial charge in [0.25, 0.3) is 5.56 Å². The average molecular weight is 435 g/mol. The van der Waals surface area contributed by atoms with Gasteiger partial charge in [-0.15, -0.1) is 0 Å². The molecule has 0 saturated carbocycles. The first-order valence-corrected chi connectivity index (χ1v) is 10.3. The number of nitrogens with one attached hydrogen (secondary N) is 2. The van der Waals surface area contributed by atoms with Gasteiger partial charge in [0.05, 0.1) is 11.9 Å². The number of aromatic nitrogens is 2. The van der Waals surface area contributed by atoms with Crippen LogP contribution in [0.5, 0.6) is 5.75 Å². The Morgan fingerprint density at radius 2 is 1.79 bits per heavy atom. The molecule has 0 unspecified atom stereocenters. The van der Waals surface area contributed by atoms with Crippen molar-refractivity contribution in [3.05, 3.63) is 111 Å². The molecule has 0 spiro atoms. The van der Waals surface area contributed by atoms with Crippen LogP contribution in [0.2, 0.25) is 0 Å². The van der Waals surface area contributed by atoms with Crippen molar-refractivity contribution in [2.24, 2.45) is 5.10 Å². The summed E-state index contributed by atoms with van der Waals surface area (Å²) < 4.78 is 5.96. The Kier molecular flexibility index (Phi) is 6.57. The molecule has 0 aliphatic heterocycles. The number of para-hydroxylation sites is 1. The van der Waals surface area contributed by atoms with Gasteiger partial charge < -0.3 is 4.74 Å². The van der Waals surface area contributed by atoms with Crippen LogP contribution >= 0.6 is 0 Å². The largest absolute Gasteiger partial charge is 0.488 e. The minimum Gasteiger partial charge on any atom is -0.488 e. The van der Waals surface area contributed by atoms with E-state index in [9.17, 15) is 10.1 Å². The van der Waals surface area contributed by atoms with E-state index in [1.54, 1.807) is 18.3 Å². The lowest BCUT2D eigenvalue weighted by Gasteiger charge is -2.09. The van der Waals surface area contributed by atoms with Crippen molar-refractivity contribution >= 4 is 12.2 Å². The van der Waals surface area contributed by atoms with E-state index in [2.05, 4.69) is 20.5 Å². The minimum absolute atomic E-state index is 0.0504. The standard InChI is InChI=1S/C26H21N5O2/c1-18-11-13-19(14-12-18)17-33-23-10-6-5-9-21(23)16-28-31-26-29-24(20-7-3-2-4-8-20)22(15-27)25(32)30-26/h2-14,16H,17H2,1H3,(H2,29,30,31,32). The van der Waals surface area contributed by atoms with Crippen LogP contribution in [0.4, 0.5) is 5.95 Å². The summed E-state index contributed by atoms with van der Waals surface area (Å²) in [6, 6.07) is 26.7. The summed E-state index contributed by atoms with van der Waals surface area (Å²) in [5, 5.41) is 13.6. The predicted octanol–water partition coefficient (Wildman–Crippen LogP) is 4.64. The fourth-order valence-electron chi connectivity index (χ4n) is 3.16. The van der Waals surface area contributed by atoms with Crippen molar-refractivity contribution in [1.29, 1.82) is 5.26 Å². The van der Waals surface area contributed by atoms with Gasteiger partial charge in [0.2, 0.25) is 5.95 Å². The highest BCUT2D eigenvalue weighted by molar-refractivity contribution is 5.83. The molecule has 0 radical (unpaired) electrons. The number of rotatable bonds is 7.